The number of hydrogen-bond donors (Lipinski definition) is 1. The fraction of sp³-hybridized carbons (Fsp3) is 0.182. The summed E-state index contributed by atoms with van der Waals surface area (Å²) in [5.74, 6) is -0.293. The Morgan fingerprint density at radius 1 is 1.39 bits per heavy atom. The number of carbonyl (C=O) groups excluding carboxylic acids is 1. The fourth-order valence-electron chi connectivity index (χ4n) is 1.40. The van der Waals surface area contributed by atoms with Gasteiger partial charge < -0.3 is 5.32 Å². The van der Waals surface area contributed by atoms with Crippen LogP contribution in [0.3, 0.4) is 0 Å². The molecule has 1 aromatic carbocycles. The molecule has 1 N–H and O–H groups in total. The van der Waals surface area contributed by atoms with Crippen molar-refractivity contribution < 1.29 is 4.79 Å². The fourth-order valence-corrected chi connectivity index (χ4v) is 1.66. The van der Waals surface area contributed by atoms with Gasteiger partial charge in [-0.1, -0.05) is 15.9 Å². The summed E-state index contributed by atoms with van der Waals surface area (Å²) >= 11 is 3.31. The van der Waals surface area contributed by atoms with E-state index >= 15 is 0 Å². The lowest BCUT2D eigenvalue weighted by Gasteiger charge is -2.04. The minimum absolute atomic E-state index is 0.101. The number of anilines is 1. The molecule has 2 rings (SSSR count). The van der Waals surface area contributed by atoms with Gasteiger partial charge in [0.25, 0.3) is 0 Å². The molecule has 0 atom stereocenters. The highest BCUT2D eigenvalue weighted by Gasteiger charge is 2.07. The Morgan fingerprint density at radius 3 is 2.61 bits per heavy atom. The summed E-state index contributed by atoms with van der Waals surface area (Å²) in [7, 11) is 1.58. The topological polar surface area (TPSA) is 68.9 Å². The van der Waals surface area contributed by atoms with Crippen LogP contribution in [0.5, 0.6) is 0 Å². The molecule has 0 aliphatic rings. The van der Waals surface area contributed by atoms with Crippen molar-refractivity contribution in [3.05, 3.63) is 45.5 Å². The second-order valence-corrected chi connectivity index (χ2v) is 4.65. The lowest BCUT2D eigenvalue weighted by molar-refractivity contribution is -0.117. The minimum Gasteiger partial charge on any atom is -0.324 e. The standard InChI is InChI=1S/C11H11BrN4O2/c1-15-7-13-16(11(15)18)6-10(17)14-9-4-2-8(12)3-5-9/h2-5,7H,6H2,1H3,(H,14,17). The van der Waals surface area contributed by atoms with Crippen LogP contribution in [0.4, 0.5) is 5.69 Å². The van der Waals surface area contributed by atoms with Crippen LogP contribution in [0.15, 0.2) is 39.9 Å². The molecule has 6 nitrogen and oxygen atoms in total. The predicted molar refractivity (Wildman–Crippen MR) is 70.2 cm³/mol. The molecular weight excluding hydrogens is 300 g/mol. The Bertz CT molecular complexity index is 615. The molecule has 94 valence electrons. The lowest BCUT2D eigenvalue weighted by atomic mass is 10.3. The molecule has 0 bridgehead atoms. The molecule has 0 spiro atoms. The normalized spacial score (nSPS) is 10.3. The zero-order valence-electron chi connectivity index (χ0n) is 9.63. The molecule has 0 saturated carbocycles. The summed E-state index contributed by atoms with van der Waals surface area (Å²) < 4.78 is 3.35. The Kier molecular flexibility index (Phi) is 3.61. The van der Waals surface area contributed by atoms with E-state index in [1.54, 1.807) is 19.2 Å². The van der Waals surface area contributed by atoms with Crippen molar-refractivity contribution in [2.75, 3.05) is 5.32 Å². The molecule has 7 heteroatoms. The SMILES string of the molecule is Cn1cnn(CC(=O)Nc2ccc(Br)cc2)c1=O. The third-order valence-corrected chi connectivity index (χ3v) is 2.84. The molecule has 0 fully saturated rings. The van der Waals surface area contributed by atoms with Crippen LogP contribution in [0.1, 0.15) is 0 Å². The number of amides is 1. The highest BCUT2D eigenvalue weighted by Crippen LogP contribution is 2.13. The van der Waals surface area contributed by atoms with E-state index in [9.17, 15) is 9.59 Å². The van der Waals surface area contributed by atoms with E-state index in [1.165, 1.54) is 10.9 Å². The number of aromatic nitrogens is 3. The largest absolute Gasteiger partial charge is 0.345 e. The van der Waals surface area contributed by atoms with E-state index in [4.69, 9.17) is 0 Å². The first-order valence-electron chi connectivity index (χ1n) is 5.20. The second-order valence-electron chi connectivity index (χ2n) is 3.74. The van der Waals surface area contributed by atoms with Gasteiger partial charge >= 0.3 is 5.69 Å². The van der Waals surface area contributed by atoms with Crippen LogP contribution in [0.25, 0.3) is 0 Å². The van der Waals surface area contributed by atoms with Gasteiger partial charge in [0.15, 0.2) is 0 Å². The molecule has 0 saturated heterocycles. The molecule has 0 unspecified atom stereocenters. The third-order valence-electron chi connectivity index (χ3n) is 2.31. The Labute approximate surface area is 111 Å². The van der Waals surface area contributed by atoms with Crippen LogP contribution in [-0.2, 0) is 18.4 Å². The van der Waals surface area contributed by atoms with Gasteiger partial charge in [-0.15, -0.1) is 0 Å². The maximum absolute atomic E-state index is 11.7. The number of aryl methyl sites for hydroxylation is 1. The molecule has 2 aromatic rings. The minimum atomic E-state index is -0.319. The average molecular weight is 311 g/mol. The molecule has 1 heterocycles. The second kappa shape index (κ2) is 5.18. The smallest absolute Gasteiger partial charge is 0.324 e. The average Bonchev–Trinajstić information content (AvgIpc) is 2.64. The molecule has 0 radical (unpaired) electrons. The Balaban J connectivity index is 2.03. The number of nitrogens with zero attached hydrogens (tertiary/aromatic N) is 3. The number of rotatable bonds is 3. The molecule has 0 aliphatic carbocycles. The van der Waals surface area contributed by atoms with Crippen LogP contribution < -0.4 is 11.0 Å². The summed E-state index contributed by atoms with van der Waals surface area (Å²) in [6, 6.07) is 7.18. The summed E-state index contributed by atoms with van der Waals surface area (Å²) in [4.78, 5) is 23.2. The van der Waals surface area contributed by atoms with E-state index in [0.717, 1.165) is 9.15 Å². The van der Waals surface area contributed by atoms with Gasteiger partial charge in [-0.3, -0.25) is 9.36 Å². The van der Waals surface area contributed by atoms with Gasteiger partial charge in [-0.2, -0.15) is 5.10 Å². The first-order valence-corrected chi connectivity index (χ1v) is 5.99. The number of halogens is 1. The Hall–Kier alpha value is -1.89. The summed E-state index contributed by atoms with van der Waals surface area (Å²) in [5, 5.41) is 6.50. The molecule has 18 heavy (non-hydrogen) atoms. The first-order chi connectivity index (χ1) is 8.56. The number of carbonyl (C=O) groups is 1. The van der Waals surface area contributed by atoms with Gasteiger partial charge in [-0.25, -0.2) is 9.48 Å². The summed E-state index contributed by atoms with van der Waals surface area (Å²) in [5.41, 5.74) is 0.355. The quantitative estimate of drug-likeness (QED) is 0.919. The van der Waals surface area contributed by atoms with E-state index in [2.05, 4.69) is 26.3 Å². The van der Waals surface area contributed by atoms with Crippen molar-refractivity contribution in [2.45, 2.75) is 6.54 Å². The summed E-state index contributed by atoms with van der Waals surface area (Å²) in [6.45, 7) is -0.101. The van der Waals surface area contributed by atoms with Crippen LogP contribution in [0.2, 0.25) is 0 Å². The monoisotopic (exact) mass is 310 g/mol. The highest BCUT2D eigenvalue weighted by atomic mass is 79.9. The van der Waals surface area contributed by atoms with E-state index < -0.39 is 0 Å². The van der Waals surface area contributed by atoms with E-state index in [1.807, 2.05) is 12.1 Å². The third kappa shape index (κ3) is 2.86. The zero-order valence-corrected chi connectivity index (χ0v) is 11.2. The van der Waals surface area contributed by atoms with Gasteiger partial charge in [0, 0.05) is 17.2 Å². The van der Waals surface area contributed by atoms with Gasteiger partial charge in [0.1, 0.15) is 12.9 Å². The first kappa shape index (κ1) is 12.6. The zero-order chi connectivity index (χ0) is 13.1. The van der Waals surface area contributed by atoms with Crippen molar-refractivity contribution in [3.8, 4) is 0 Å². The molecular formula is C11H11BrN4O2. The predicted octanol–water partition coefficient (Wildman–Crippen LogP) is 0.983. The maximum Gasteiger partial charge on any atom is 0.345 e. The summed E-state index contributed by atoms with van der Waals surface area (Å²) in [6.07, 6.45) is 1.37. The highest BCUT2D eigenvalue weighted by molar-refractivity contribution is 9.10. The molecule has 0 aliphatic heterocycles. The van der Waals surface area contributed by atoms with Crippen molar-refractivity contribution in [2.24, 2.45) is 7.05 Å². The van der Waals surface area contributed by atoms with Crippen molar-refractivity contribution in [1.29, 1.82) is 0 Å². The van der Waals surface area contributed by atoms with Crippen LogP contribution in [0, 0.1) is 0 Å². The van der Waals surface area contributed by atoms with E-state index in [0.29, 0.717) is 5.69 Å². The van der Waals surface area contributed by atoms with Crippen LogP contribution in [-0.4, -0.2) is 20.3 Å². The van der Waals surface area contributed by atoms with Gasteiger partial charge in [-0.05, 0) is 24.3 Å². The Morgan fingerprint density at radius 2 is 2.06 bits per heavy atom. The van der Waals surface area contributed by atoms with Crippen molar-refractivity contribution >= 4 is 27.5 Å². The molecule has 1 amide bonds. The molecule has 1 aromatic heterocycles. The van der Waals surface area contributed by atoms with Crippen molar-refractivity contribution in [3.63, 3.8) is 0 Å². The number of hydrogen-bond acceptors (Lipinski definition) is 3. The number of benzene rings is 1. The van der Waals surface area contributed by atoms with Crippen molar-refractivity contribution in [1.82, 2.24) is 14.3 Å². The van der Waals surface area contributed by atoms with Gasteiger partial charge in [0.05, 0.1) is 0 Å². The number of nitrogens with one attached hydrogen (secondary N) is 1. The van der Waals surface area contributed by atoms with Gasteiger partial charge in [0.2, 0.25) is 5.91 Å². The lowest BCUT2D eigenvalue weighted by Crippen LogP contribution is -2.29. The van der Waals surface area contributed by atoms with E-state index in [-0.39, 0.29) is 18.1 Å². The maximum atomic E-state index is 11.7. The van der Waals surface area contributed by atoms with Crippen LogP contribution >= 0.6 is 15.9 Å².